The lowest BCUT2D eigenvalue weighted by molar-refractivity contribution is 1.18. The van der Waals surface area contributed by atoms with Crippen molar-refractivity contribution in [1.82, 2.24) is 8.97 Å². The van der Waals surface area contributed by atoms with Crippen LogP contribution in [0.5, 0.6) is 0 Å². The first-order valence-corrected chi connectivity index (χ1v) is 19.6. The Hall–Kier alpha value is -7.62. The molecule has 3 nitrogen and oxygen atoms in total. The Morgan fingerprint density at radius 2 is 0.842 bits per heavy atom. The summed E-state index contributed by atoms with van der Waals surface area (Å²) in [7, 11) is 0. The van der Waals surface area contributed by atoms with Gasteiger partial charge in [-0.2, -0.15) is 0 Å². The molecule has 0 bridgehead atoms. The van der Waals surface area contributed by atoms with Crippen molar-refractivity contribution in [3.05, 3.63) is 212 Å². The minimum Gasteiger partial charge on any atom is -0.310 e. The van der Waals surface area contributed by atoms with Crippen LogP contribution in [0.15, 0.2) is 212 Å². The SMILES string of the molecule is c1ccc(-c2ccc(N(c3ccc(-c4cccc5c4c4ccccc4n5-c4ccccc4)cc3)c3ccc4c5cccc6c7ccccc7n(c4c3)c65)cc2)cc1. The van der Waals surface area contributed by atoms with Gasteiger partial charge in [-0.25, -0.2) is 0 Å². The van der Waals surface area contributed by atoms with E-state index in [1.807, 2.05) is 0 Å². The van der Waals surface area contributed by atoms with Gasteiger partial charge in [-0.15, -0.1) is 0 Å². The molecule has 0 fully saturated rings. The summed E-state index contributed by atoms with van der Waals surface area (Å²) in [5, 5.41) is 7.66. The summed E-state index contributed by atoms with van der Waals surface area (Å²) >= 11 is 0. The second kappa shape index (κ2) is 12.5. The van der Waals surface area contributed by atoms with Crippen LogP contribution in [0.4, 0.5) is 17.1 Å². The van der Waals surface area contributed by atoms with Crippen molar-refractivity contribution in [2.75, 3.05) is 4.90 Å². The third-order valence-corrected chi connectivity index (χ3v) is 11.8. The molecule has 0 aliphatic heterocycles. The fourth-order valence-corrected chi connectivity index (χ4v) is 9.34. The molecule has 0 N–H and O–H groups in total. The van der Waals surface area contributed by atoms with Gasteiger partial charge < -0.3 is 13.9 Å². The molecule has 0 aliphatic rings. The van der Waals surface area contributed by atoms with E-state index in [0.29, 0.717) is 0 Å². The average molecular weight is 726 g/mol. The summed E-state index contributed by atoms with van der Waals surface area (Å²) in [4.78, 5) is 2.40. The first-order valence-electron chi connectivity index (χ1n) is 19.6. The highest BCUT2D eigenvalue weighted by Crippen LogP contribution is 2.44. The molecule has 3 heteroatoms. The molecule has 0 radical (unpaired) electrons. The van der Waals surface area contributed by atoms with Gasteiger partial charge in [0.2, 0.25) is 0 Å². The number of para-hydroxylation sites is 4. The Labute approximate surface area is 329 Å². The van der Waals surface area contributed by atoms with E-state index >= 15 is 0 Å². The number of aromatic nitrogens is 2. The van der Waals surface area contributed by atoms with Gasteiger partial charge in [0.25, 0.3) is 0 Å². The molecule has 0 amide bonds. The normalized spacial score (nSPS) is 11.9. The Morgan fingerprint density at radius 1 is 0.316 bits per heavy atom. The van der Waals surface area contributed by atoms with Crippen molar-refractivity contribution in [3.63, 3.8) is 0 Å². The minimum absolute atomic E-state index is 1.10. The molecule has 0 saturated heterocycles. The quantitative estimate of drug-likeness (QED) is 0.166. The fraction of sp³-hybridized carbons (Fsp3) is 0. The average Bonchev–Trinajstić information content (AvgIpc) is 3.93. The van der Waals surface area contributed by atoms with Gasteiger partial charge in [-0.1, -0.05) is 146 Å². The predicted molar refractivity (Wildman–Crippen MR) is 241 cm³/mol. The highest BCUT2D eigenvalue weighted by molar-refractivity contribution is 6.23. The van der Waals surface area contributed by atoms with Crippen LogP contribution in [0.2, 0.25) is 0 Å². The van der Waals surface area contributed by atoms with E-state index in [-0.39, 0.29) is 0 Å². The molecular formula is C54H35N3. The third-order valence-electron chi connectivity index (χ3n) is 11.8. The van der Waals surface area contributed by atoms with Gasteiger partial charge >= 0.3 is 0 Å². The van der Waals surface area contributed by atoms with Gasteiger partial charge in [-0.05, 0) is 89.0 Å². The zero-order chi connectivity index (χ0) is 37.5. The van der Waals surface area contributed by atoms with Crippen LogP contribution in [0.25, 0.3) is 87.8 Å². The number of nitrogens with zero attached hydrogens (tertiary/aromatic N) is 3. The molecule has 12 aromatic rings. The molecule has 0 atom stereocenters. The number of anilines is 3. The number of hydrogen-bond donors (Lipinski definition) is 0. The summed E-state index contributed by atoms with van der Waals surface area (Å²) in [6.07, 6.45) is 0. The van der Waals surface area contributed by atoms with Crippen LogP contribution >= 0.6 is 0 Å². The largest absolute Gasteiger partial charge is 0.310 e. The van der Waals surface area contributed by atoms with Crippen molar-refractivity contribution in [2.45, 2.75) is 0 Å². The van der Waals surface area contributed by atoms with Crippen LogP contribution < -0.4 is 4.90 Å². The van der Waals surface area contributed by atoms with Crippen molar-refractivity contribution in [3.8, 4) is 27.9 Å². The third kappa shape index (κ3) is 4.79. The molecule has 3 heterocycles. The number of benzene rings is 9. The van der Waals surface area contributed by atoms with Crippen molar-refractivity contribution >= 4 is 77.0 Å². The highest BCUT2D eigenvalue weighted by Gasteiger charge is 2.21. The zero-order valence-corrected chi connectivity index (χ0v) is 31.0. The van der Waals surface area contributed by atoms with E-state index < -0.39 is 0 Å². The molecule has 0 aliphatic carbocycles. The highest BCUT2D eigenvalue weighted by atomic mass is 15.1. The van der Waals surface area contributed by atoms with Gasteiger partial charge in [0.1, 0.15) is 0 Å². The molecule has 0 unspecified atom stereocenters. The Kier molecular flexibility index (Phi) is 6.93. The maximum atomic E-state index is 2.46. The summed E-state index contributed by atoms with van der Waals surface area (Å²) in [6.45, 7) is 0. The van der Waals surface area contributed by atoms with Crippen LogP contribution in [-0.2, 0) is 0 Å². The van der Waals surface area contributed by atoms with Crippen molar-refractivity contribution < 1.29 is 0 Å². The summed E-state index contributed by atoms with van der Waals surface area (Å²) < 4.78 is 4.85. The molecule has 57 heavy (non-hydrogen) atoms. The van der Waals surface area contributed by atoms with E-state index in [1.165, 1.54) is 82.2 Å². The fourth-order valence-electron chi connectivity index (χ4n) is 9.34. The number of hydrogen-bond acceptors (Lipinski definition) is 1. The first-order chi connectivity index (χ1) is 28.3. The molecule has 9 aromatic carbocycles. The van der Waals surface area contributed by atoms with Crippen LogP contribution in [0.1, 0.15) is 0 Å². The van der Waals surface area contributed by atoms with Crippen LogP contribution in [-0.4, -0.2) is 8.97 Å². The lowest BCUT2D eigenvalue weighted by Gasteiger charge is -2.26. The van der Waals surface area contributed by atoms with E-state index in [2.05, 4.69) is 226 Å². The maximum absolute atomic E-state index is 2.46. The lowest BCUT2D eigenvalue weighted by atomic mass is 9.99. The zero-order valence-electron chi connectivity index (χ0n) is 31.0. The van der Waals surface area contributed by atoms with E-state index in [9.17, 15) is 0 Å². The second-order valence-corrected chi connectivity index (χ2v) is 14.9. The van der Waals surface area contributed by atoms with Gasteiger partial charge in [0.05, 0.1) is 27.6 Å². The van der Waals surface area contributed by atoms with Crippen LogP contribution in [0.3, 0.4) is 0 Å². The van der Waals surface area contributed by atoms with Gasteiger partial charge in [0, 0.05) is 55.1 Å². The Morgan fingerprint density at radius 3 is 1.58 bits per heavy atom. The number of fused-ring (bicyclic) bond motifs is 9. The molecular weight excluding hydrogens is 691 g/mol. The molecule has 12 rings (SSSR count). The van der Waals surface area contributed by atoms with Crippen molar-refractivity contribution in [2.24, 2.45) is 0 Å². The maximum Gasteiger partial charge on any atom is 0.0620 e. The molecule has 0 spiro atoms. The topological polar surface area (TPSA) is 12.6 Å². The van der Waals surface area contributed by atoms with Crippen LogP contribution in [0, 0.1) is 0 Å². The Balaban J connectivity index is 1.03. The van der Waals surface area contributed by atoms with Crippen molar-refractivity contribution in [1.29, 1.82) is 0 Å². The van der Waals surface area contributed by atoms with E-state index in [0.717, 1.165) is 22.7 Å². The number of rotatable bonds is 6. The molecule has 266 valence electrons. The molecule has 0 saturated carbocycles. The predicted octanol–water partition coefficient (Wildman–Crippen LogP) is 14.7. The van der Waals surface area contributed by atoms with Gasteiger partial charge in [-0.3, -0.25) is 0 Å². The summed E-state index contributed by atoms with van der Waals surface area (Å²) in [5.41, 5.74) is 15.4. The van der Waals surface area contributed by atoms with Gasteiger partial charge in [0.15, 0.2) is 0 Å². The minimum atomic E-state index is 1.10. The summed E-state index contributed by atoms with van der Waals surface area (Å²) in [6, 6.07) is 77.3. The smallest absolute Gasteiger partial charge is 0.0620 e. The summed E-state index contributed by atoms with van der Waals surface area (Å²) in [5.74, 6) is 0. The monoisotopic (exact) mass is 725 g/mol. The Bertz CT molecular complexity index is 3430. The lowest BCUT2D eigenvalue weighted by Crippen LogP contribution is -2.10. The van der Waals surface area contributed by atoms with E-state index in [1.54, 1.807) is 0 Å². The second-order valence-electron chi connectivity index (χ2n) is 14.9. The standard InChI is InChI=1S/C54H35N3/c1-3-13-36(14-4-1)37-25-29-40(30-26-37)55(42-33-34-45-47-21-11-20-46-44-17-7-9-22-49(44)57(54(46)47)52(45)35-42)41-31-27-38(28-32-41)43-19-12-24-51-53(43)48-18-8-10-23-50(48)56(51)39-15-5-2-6-16-39/h1-35H. The first kappa shape index (κ1) is 31.7. The van der Waals surface area contributed by atoms with E-state index in [4.69, 9.17) is 0 Å². The molecule has 3 aromatic heterocycles.